The molecule has 1 fully saturated rings. The fourth-order valence-corrected chi connectivity index (χ4v) is 5.25. The first kappa shape index (κ1) is 34.7. The molecule has 5 rings (SSSR count). The number of rotatable bonds is 11. The van der Waals surface area contributed by atoms with Gasteiger partial charge in [-0.25, -0.2) is 9.78 Å². The molecule has 15 heteroatoms. The number of carbonyl (C=O) groups excluding carboxylic acids is 1. The molecular formula is C34H41N9O6. The molecule has 1 amide bonds. The van der Waals surface area contributed by atoms with Gasteiger partial charge in [-0.3, -0.25) is 15.0 Å². The number of anilines is 7. The van der Waals surface area contributed by atoms with Crippen LogP contribution in [0.4, 0.5) is 50.7 Å². The summed E-state index contributed by atoms with van der Waals surface area (Å²) in [7, 11) is 3.63. The average Bonchev–Trinajstić information content (AvgIpc) is 3.04. The van der Waals surface area contributed by atoms with Crippen molar-refractivity contribution in [3.05, 3.63) is 83.0 Å². The molecule has 0 saturated carbocycles. The fraction of sp³-hybridized carbons (Fsp3) is 0.324. The van der Waals surface area contributed by atoms with Crippen molar-refractivity contribution in [2.45, 2.75) is 26.3 Å². The van der Waals surface area contributed by atoms with Gasteiger partial charge >= 0.3 is 11.8 Å². The smallest absolute Gasteiger partial charge is 0.420 e. The highest BCUT2D eigenvalue weighted by Gasteiger charge is 2.30. The molecule has 0 spiro atoms. The van der Waals surface area contributed by atoms with Crippen molar-refractivity contribution in [3.63, 3.8) is 0 Å². The van der Waals surface area contributed by atoms with Gasteiger partial charge < -0.3 is 40.4 Å². The Kier molecular flexibility index (Phi) is 10.6. The minimum atomic E-state index is -0.634. The van der Waals surface area contributed by atoms with E-state index in [1.165, 1.54) is 12.0 Å². The summed E-state index contributed by atoms with van der Waals surface area (Å²) in [6.07, 6.45) is 0.489. The predicted molar refractivity (Wildman–Crippen MR) is 189 cm³/mol. The van der Waals surface area contributed by atoms with Gasteiger partial charge in [0, 0.05) is 73.7 Å². The van der Waals surface area contributed by atoms with E-state index in [0.29, 0.717) is 28.5 Å². The molecule has 2 heterocycles. The van der Waals surface area contributed by atoms with Gasteiger partial charge in [0.05, 0.1) is 10.6 Å². The number of nitro groups is 1. The topological polar surface area (TPSA) is 173 Å². The summed E-state index contributed by atoms with van der Waals surface area (Å²) in [5.74, 6) is 0.735. The summed E-state index contributed by atoms with van der Waals surface area (Å²) in [4.78, 5) is 39.4. The third-order valence-corrected chi connectivity index (χ3v) is 7.66. The molecule has 0 radical (unpaired) electrons. The Balaban J connectivity index is 1.37. The van der Waals surface area contributed by atoms with Crippen LogP contribution in [0.1, 0.15) is 20.8 Å². The van der Waals surface area contributed by atoms with Gasteiger partial charge in [-0.05, 0) is 70.3 Å². The zero-order chi connectivity index (χ0) is 35.1. The Bertz CT molecular complexity index is 1790. The molecule has 3 aromatic carbocycles. The molecule has 4 N–H and O–H groups in total. The first-order valence-corrected chi connectivity index (χ1v) is 15.6. The zero-order valence-electron chi connectivity index (χ0n) is 28.2. The SMILES string of the molecule is COCOc1cc(N2CCN(C)CC2)ccc1Nc1ncc([N+](=O)[O-])c(Nc2cccc(OC(=O)N(c3cccc(N)c3)C(C)(C)C)c2)n1. The molecule has 4 aromatic rings. The minimum absolute atomic E-state index is 0.0165. The van der Waals surface area contributed by atoms with Crippen LogP contribution in [-0.4, -0.2) is 78.6 Å². The second-order valence-corrected chi connectivity index (χ2v) is 12.5. The van der Waals surface area contributed by atoms with E-state index < -0.39 is 16.6 Å². The number of likely N-dealkylation sites (N-methyl/N-ethyl adjacent to an activating group) is 1. The number of nitrogen functional groups attached to an aromatic ring is 1. The zero-order valence-corrected chi connectivity index (χ0v) is 28.2. The van der Waals surface area contributed by atoms with Gasteiger partial charge in [-0.2, -0.15) is 4.98 Å². The predicted octanol–water partition coefficient (Wildman–Crippen LogP) is 5.99. The van der Waals surface area contributed by atoms with Crippen LogP contribution in [0.2, 0.25) is 0 Å². The van der Waals surface area contributed by atoms with Crippen LogP contribution >= 0.6 is 0 Å². The molecule has 0 bridgehead atoms. The van der Waals surface area contributed by atoms with E-state index in [2.05, 4.69) is 37.4 Å². The number of aromatic nitrogens is 2. The summed E-state index contributed by atoms with van der Waals surface area (Å²) in [6, 6.07) is 19.2. The third-order valence-electron chi connectivity index (χ3n) is 7.66. The highest BCUT2D eigenvalue weighted by molar-refractivity contribution is 5.91. The lowest BCUT2D eigenvalue weighted by Crippen LogP contribution is -2.47. The van der Waals surface area contributed by atoms with Crippen molar-refractivity contribution in [2.24, 2.45) is 0 Å². The first-order valence-electron chi connectivity index (χ1n) is 15.6. The van der Waals surface area contributed by atoms with E-state index >= 15 is 0 Å². The van der Waals surface area contributed by atoms with E-state index in [-0.39, 0.29) is 30.0 Å². The van der Waals surface area contributed by atoms with E-state index in [0.717, 1.165) is 38.1 Å². The number of ether oxygens (including phenoxy) is 3. The molecule has 0 atom stereocenters. The van der Waals surface area contributed by atoms with Crippen molar-refractivity contribution >= 4 is 52.0 Å². The number of nitrogens with zero attached hydrogens (tertiary/aromatic N) is 6. The van der Waals surface area contributed by atoms with Crippen molar-refractivity contribution in [1.82, 2.24) is 14.9 Å². The van der Waals surface area contributed by atoms with Crippen LogP contribution in [0.5, 0.6) is 11.5 Å². The van der Waals surface area contributed by atoms with Gasteiger partial charge in [0.1, 0.15) is 17.7 Å². The maximum Gasteiger partial charge on any atom is 0.420 e. The van der Waals surface area contributed by atoms with Gasteiger partial charge in [0.25, 0.3) is 0 Å². The number of hydrogen-bond acceptors (Lipinski definition) is 13. The van der Waals surface area contributed by atoms with Crippen molar-refractivity contribution < 1.29 is 23.9 Å². The van der Waals surface area contributed by atoms with Crippen LogP contribution in [0.25, 0.3) is 0 Å². The quantitative estimate of drug-likeness (QED) is 0.0735. The number of hydrogen-bond donors (Lipinski definition) is 3. The Morgan fingerprint density at radius 2 is 1.80 bits per heavy atom. The second-order valence-electron chi connectivity index (χ2n) is 12.5. The molecule has 1 aliphatic rings. The number of nitrogens with one attached hydrogen (secondary N) is 2. The molecule has 1 saturated heterocycles. The number of methoxy groups -OCH3 is 1. The maximum atomic E-state index is 13.4. The molecular weight excluding hydrogens is 630 g/mol. The van der Waals surface area contributed by atoms with Crippen LogP contribution in [0.15, 0.2) is 72.9 Å². The molecule has 0 unspecified atom stereocenters. The second kappa shape index (κ2) is 15.0. The number of carbonyl (C=O) groups is 1. The maximum absolute atomic E-state index is 13.4. The van der Waals surface area contributed by atoms with Gasteiger partial charge in [0.15, 0.2) is 6.79 Å². The molecule has 1 aliphatic heterocycles. The average molecular weight is 672 g/mol. The Hall–Kier alpha value is -5.67. The van der Waals surface area contributed by atoms with E-state index in [1.54, 1.807) is 48.5 Å². The summed E-state index contributed by atoms with van der Waals surface area (Å²) in [5.41, 5.74) is 8.01. The van der Waals surface area contributed by atoms with Crippen LogP contribution in [0, 0.1) is 10.1 Å². The first-order chi connectivity index (χ1) is 23.4. The van der Waals surface area contributed by atoms with Crippen LogP contribution in [0.3, 0.4) is 0 Å². The summed E-state index contributed by atoms with van der Waals surface area (Å²) in [5, 5.41) is 18.0. The van der Waals surface area contributed by atoms with Gasteiger partial charge in [-0.15, -0.1) is 0 Å². The van der Waals surface area contributed by atoms with Crippen molar-refractivity contribution in [1.29, 1.82) is 0 Å². The Labute approximate surface area is 284 Å². The number of amides is 1. The molecule has 1 aromatic heterocycles. The Morgan fingerprint density at radius 3 is 2.49 bits per heavy atom. The van der Waals surface area contributed by atoms with Crippen LogP contribution < -0.4 is 35.6 Å². The summed E-state index contributed by atoms with van der Waals surface area (Å²) < 4.78 is 16.8. The summed E-state index contributed by atoms with van der Waals surface area (Å²) >= 11 is 0. The molecule has 0 aliphatic carbocycles. The lowest BCUT2D eigenvalue weighted by Gasteiger charge is -2.34. The van der Waals surface area contributed by atoms with Gasteiger partial charge in [0.2, 0.25) is 11.8 Å². The van der Waals surface area contributed by atoms with E-state index in [1.807, 2.05) is 39.0 Å². The number of benzene rings is 3. The normalized spacial score (nSPS) is 13.4. The summed E-state index contributed by atoms with van der Waals surface area (Å²) in [6.45, 7) is 9.31. The lowest BCUT2D eigenvalue weighted by molar-refractivity contribution is -0.384. The Morgan fingerprint density at radius 1 is 1.04 bits per heavy atom. The van der Waals surface area contributed by atoms with E-state index in [9.17, 15) is 14.9 Å². The largest absolute Gasteiger partial charge is 0.465 e. The van der Waals surface area contributed by atoms with Gasteiger partial charge in [-0.1, -0.05) is 12.1 Å². The van der Waals surface area contributed by atoms with E-state index in [4.69, 9.17) is 19.9 Å². The molecule has 258 valence electrons. The molecule has 49 heavy (non-hydrogen) atoms. The third kappa shape index (κ3) is 8.82. The van der Waals surface area contributed by atoms with Crippen molar-refractivity contribution in [2.75, 3.05) is 73.3 Å². The monoisotopic (exact) mass is 671 g/mol. The number of nitrogens with two attached hydrogens (primary N) is 1. The standard InChI is InChI=1S/C34H41N9O6/c1-34(2,3)42(26-10-6-8-23(35)18-26)33(44)49-27-11-7-9-24(19-27)37-31-29(43(45)46)21-36-32(39-31)38-28-13-12-25(20-30(28)48-22-47-5)41-16-14-40(4)15-17-41/h6-13,18-21H,14-17,22,35H2,1-5H3,(H2,36,37,38,39). The van der Waals surface area contributed by atoms with Crippen LogP contribution in [-0.2, 0) is 4.74 Å². The van der Waals surface area contributed by atoms with Crippen molar-refractivity contribution in [3.8, 4) is 11.5 Å². The molecule has 15 nitrogen and oxygen atoms in total. The minimum Gasteiger partial charge on any atom is -0.465 e. The highest BCUT2D eigenvalue weighted by Crippen LogP contribution is 2.34. The highest BCUT2D eigenvalue weighted by atomic mass is 16.7. The number of piperazine rings is 1. The fourth-order valence-electron chi connectivity index (χ4n) is 5.25. The lowest BCUT2D eigenvalue weighted by atomic mass is 10.1.